The second-order valence-electron chi connectivity index (χ2n) is 6.37. The summed E-state index contributed by atoms with van der Waals surface area (Å²) in [6.07, 6.45) is 7.27. The monoisotopic (exact) mass is 324 g/mol. The standard InChI is InChI=1S/C18H20N4S/c1-11-5-6-14-15(8-11)23-18-16(14)17(21-12(2)22-18)20-10-13-4-3-7-19-9-13/h3-4,7,9,11H,5-6,8,10H2,1-2H3,(H,20,21,22)/t11-/m1/s1. The van der Waals surface area contributed by atoms with Crippen LogP contribution in [-0.4, -0.2) is 15.0 Å². The molecule has 0 fully saturated rings. The van der Waals surface area contributed by atoms with Gasteiger partial charge in [0.1, 0.15) is 16.5 Å². The molecule has 0 bridgehead atoms. The molecule has 0 amide bonds. The van der Waals surface area contributed by atoms with Crippen molar-refractivity contribution < 1.29 is 0 Å². The van der Waals surface area contributed by atoms with Gasteiger partial charge in [0.25, 0.3) is 0 Å². The van der Waals surface area contributed by atoms with Crippen LogP contribution in [0.4, 0.5) is 5.82 Å². The van der Waals surface area contributed by atoms with Crippen LogP contribution in [0.1, 0.15) is 35.2 Å². The molecule has 0 aromatic carbocycles. The second kappa shape index (κ2) is 5.89. The highest BCUT2D eigenvalue weighted by molar-refractivity contribution is 7.19. The summed E-state index contributed by atoms with van der Waals surface area (Å²) in [5.74, 6) is 2.58. The van der Waals surface area contributed by atoms with Crippen LogP contribution in [0, 0.1) is 12.8 Å². The van der Waals surface area contributed by atoms with Gasteiger partial charge in [0.05, 0.1) is 5.39 Å². The summed E-state index contributed by atoms with van der Waals surface area (Å²) in [7, 11) is 0. The number of fused-ring (bicyclic) bond motifs is 3. The SMILES string of the molecule is Cc1nc(NCc2cccnc2)c2c3c(sc2n1)C[C@H](C)CC3. The Bertz CT molecular complexity index is 841. The minimum absolute atomic E-state index is 0.737. The molecule has 0 spiro atoms. The smallest absolute Gasteiger partial charge is 0.139 e. The molecule has 0 unspecified atom stereocenters. The number of nitrogens with one attached hydrogen (secondary N) is 1. The van der Waals surface area contributed by atoms with Crippen molar-refractivity contribution in [1.29, 1.82) is 0 Å². The lowest BCUT2D eigenvalue weighted by Gasteiger charge is -2.18. The fraction of sp³-hybridized carbons (Fsp3) is 0.389. The Kier molecular flexibility index (Phi) is 3.73. The molecule has 4 rings (SSSR count). The van der Waals surface area contributed by atoms with E-state index in [1.165, 1.54) is 28.7 Å². The number of thiophene rings is 1. The van der Waals surface area contributed by atoms with E-state index in [0.29, 0.717) is 0 Å². The fourth-order valence-corrected chi connectivity index (χ4v) is 4.69. The van der Waals surface area contributed by atoms with Gasteiger partial charge in [-0.15, -0.1) is 11.3 Å². The van der Waals surface area contributed by atoms with Crippen molar-refractivity contribution in [3.8, 4) is 0 Å². The van der Waals surface area contributed by atoms with Crippen LogP contribution in [0.2, 0.25) is 0 Å². The maximum absolute atomic E-state index is 4.68. The number of hydrogen-bond acceptors (Lipinski definition) is 5. The summed E-state index contributed by atoms with van der Waals surface area (Å²) in [5.41, 5.74) is 2.63. The van der Waals surface area contributed by atoms with Gasteiger partial charge in [-0.25, -0.2) is 9.97 Å². The minimum atomic E-state index is 0.737. The maximum atomic E-state index is 4.68. The zero-order valence-corrected chi connectivity index (χ0v) is 14.3. The summed E-state index contributed by atoms with van der Waals surface area (Å²) < 4.78 is 0. The van der Waals surface area contributed by atoms with Gasteiger partial charge in [-0.3, -0.25) is 4.98 Å². The van der Waals surface area contributed by atoms with E-state index in [1.54, 1.807) is 6.20 Å². The summed E-state index contributed by atoms with van der Waals surface area (Å²) in [6.45, 7) is 5.04. The lowest BCUT2D eigenvalue weighted by atomic mass is 9.89. The molecular weight excluding hydrogens is 304 g/mol. The van der Waals surface area contributed by atoms with Crippen molar-refractivity contribution in [1.82, 2.24) is 15.0 Å². The van der Waals surface area contributed by atoms with Crippen LogP contribution in [0.5, 0.6) is 0 Å². The number of rotatable bonds is 3. The summed E-state index contributed by atoms with van der Waals surface area (Å²) in [4.78, 5) is 16.2. The zero-order valence-electron chi connectivity index (χ0n) is 13.5. The van der Waals surface area contributed by atoms with Crippen LogP contribution >= 0.6 is 11.3 Å². The van der Waals surface area contributed by atoms with Crippen molar-refractivity contribution in [3.05, 3.63) is 46.4 Å². The van der Waals surface area contributed by atoms with E-state index in [1.807, 2.05) is 30.5 Å². The number of anilines is 1. The van der Waals surface area contributed by atoms with Gasteiger partial charge in [-0.05, 0) is 49.3 Å². The second-order valence-corrected chi connectivity index (χ2v) is 7.45. The Labute approximate surface area is 140 Å². The molecule has 0 saturated heterocycles. The van der Waals surface area contributed by atoms with Gasteiger partial charge >= 0.3 is 0 Å². The van der Waals surface area contributed by atoms with Gasteiger partial charge in [-0.2, -0.15) is 0 Å². The Morgan fingerprint density at radius 1 is 1.35 bits per heavy atom. The maximum Gasteiger partial charge on any atom is 0.139 e. The van der Waals surface area contributed by atoms with Gasteiger partial charge in [0.15, 0.2) is 0 Å². The Morgan fingerprint density at radius 3 is 3.09 bits per heavy atom. The first-order valence-electron chi connectivity index (χ1n) is 8.12. The van der Waals surface area contributed by atoms with E-state index in [9.17, 15) is 0 Å². The molecule has 3 aromatic heterocycles. The van der Waals surface area contributed by atoms with Crippen molar-refractivity contribution in [2.75, 3.05) is 5.32 Å². The number of aromatic nitrogens is 3. The third kappa shape index (κ3) is 2.81. The largest absolute Gasteiger partial charge is 0.365 e. The van der Waals surface area contributed by atoms with Gasteiger partial charge in [0.2, 0.25) is 0 Å². The predicted molar refractivity (Wildman–Crippen MR) is 94.9 cm³/mol. The molecule has 0 radical (unpaired) electrons. The van der Waals surface area contributed by atoms with E-state index in [4.69, 9.17) is 0 Å². The Balaban J connectivity index is 1.73. The predicted octanol–water partition coefficient (Wildman–Crippen LogP) is 4.13. The number of pyridine rings is 1. The molecule has 3 heterocycles. The molecule has 1 N–H and O–H groups in total. The highest BCUT2D eigenvalue weighted by Gasteiger charge is 2.23. The number of aryl methyl sites for hydroxylation is 2. The molecule has 23 heavy (non-hydrogen) atoms. The highest BCUT2D eigenvalue weighted by atomic mass is 32.1. The van der Waals surface area contributed by atoms with Crippen LogP contribution in [0.3, 0.4) is 0 Å². The van der Waals surface area contributed by atoms with Gasteiger partial charge < -0.3 is 5.32 Å². The topological polar surface area (TPSA) is 50.7 Å². The number of hydrogen-bond donors (Lipinski definition) is 1. The zero-order chi connectivity index (χ0) is 15.8. The van der Waals surface area contributed by atoms with Crippen LogP contribution < -0.4 is 5.32 Å². The van der Waals surface area contributed by atoms with E-state index in [2.05, 4.69) is 33.3 Å². The van der Waals surface area contributed by atoms with Crippen LogP contribution in [0.25, 0.3) is 10.2 Å². The first-order valence-corrected chi connectivity index (χ1v) is 8.94. The lowest BCUT2D eigenvalue weighted by molar-refractivity contribution is 0.509. The minimum Gasteiger partial charge on any atom is -0.365 e. The van der Waals surface area contributed by atoms with Crippen molar-refractivity contribution in [2.45, 2.75) is 39.7 Å². The molecule has 1 aliphatic carbocycles. The quantitative estimate of drug-likeness (QED) is 0.787. The molecule has 5 heteroatoms. The van der Waals surface area contributed by atoms with Crippen molar-refractivity contribution >= 4 is 27.4 Å². The summed E-state index contributed by atoms with van der Waals surface area (Å²) in [5, 5.41) is 4.75. The lowest BCUT2D eigenvalue weighted by Crippen LogP contribution is -2.10. The van der Waals surface area contributed by atoms with Crippen LogP contribution in [-0.2, 0) is 19.4 Å². The van der Waals surface area contributed by atoms with Gasteiger partial charge in [0, 0.05) is 23.8 Å². The summed E-state index contributed by atoms with van der Waals surface area (Å²) in [6, 6.07) is 4.04. The molecular formula is C18H20N4S. The van der Waals surface area contributed by atoms with E-state index >= 15 is 0 Å². The number of nitrogens with zero attached hydrogens (tertiary/aromatic N) is 3. The fourth-order valence-electron chi connectivity index (χ4n) is 3.27. The highest BCUT2D eigenvalue weighted by Crippen LogP contribution is 2.40. The first kappa shape index (κ1) is 14.6. The molecule has 1 atom stereocenters. The van der Waals surface area contributed by atoms with Crippen molar-refractivity contribution in [2.24, 2.45) is 5.92 Å². The molecule has 118 valence electrons. The van der Waals surface area contributed by atoms with Gasteiger partial charge in [-0.1, -0.05) is 13.0 Å². The van der Waals surface area contributed by atoms with E-state index in [0.717, 1.165) is 40.9 Å². The molecule has 1 aliphatic rings. The average molecular weight is 324 g/mol. The molecule has 0 saturated carbocycles. The average Bonchev–Trinajstić information content (AvgIpc) is 2.90. The summed E-state index contributed by atoms with van der Waals surface area (Å²) >= 11 is 1.85. The molecule has 4 nitrogen and oxygen atoms in total. The van der Waals surface area contributed by atoms with Crippen molar-refractivity contribution in [3.63, 3.8) is 0 Å². The van der Waals surface area contributed by atoms with E-state index in [-0.39, 0.29) is 0 Å². The third-order valence-electron chi connectivity index (χ3n) is 4.45. The Morgan fingerprint density at radius 2 is 2.26 bits per heavy atom. The molecule has 0 aliphatic heterocycles. The third-order valence-corrected chi connectivity index (χ3v) is 5.60. The first-order chi connectivity index (χ1) is 11.2. The van der Waals surface area contributed by atoms with Crippen LogP contribution in [0.15, 0.2) is 24.5 Å². The normalized spacial score (nSPS) is 17.2. The van der Waals surface area contributed by atoms with E-state index < -0.39 is 0 Å². The Hall–Kier alpha value is -2.01. The molecule has 3 aromatic rings.